The number of imidazole rings is 1. The van der Waals surface area contributed by atoms with Gasteiger partial charge in [0.1, 0.15) is 11.1 Å². The normalized spacial score (nSPS) is 16.3. The Balaban J connectivity index is 1.47. The Labute approximate surface area is 202 Å². The highest BCUT2D eigenvalue weighted by Gasteiger charge is 2.33. The van der Waals surface area contributed by atoms with Crippen molar-refractivity contribution in [2.24, 2.45) is 7.05 Å². The van der Waals surface area contributed by atoms with Crippen LogP contribution in [0.25, 0.3) is 22.1 Å². The lowest BCUT2D eigenvalue weighted by atomic mass is 10.1. The van der Waals surface area contributed by atoms with Gasteiger partial charge in [-0.15, -0.1) is 0 Å². The van der Waals surface area contributed by atoms with Crippen molar-refractivity contribution in [3.05, 3.63) is 52.7 Å². The van der Waals surface area contributed by atoms with E-state index in [4.69, 9.17) is 9.72 Å². The van der Waals surface area contributed by atoms with Crippen molar-refractivity contribution >= 4 is 39.8 Å². The maximum absolute atomic E-state index is 13.1. The quantitative estimate of drug-likeness (QED) is 0.479. The summed E-state index contributed by atoms with van der Waals surface area (Å²) in [5.74, 6) is 0.394. The predicted molar refractivity (Wildman–Crippen MR) is 134 cm³/mol. The number of aryl methyl sites for hydroxylation is 2. The van der Waals surface area contributed by atoms with Gasteiger partial charge in [0.25, 0.3) is 0 Å². The SMILES string of the molecule is Cc1cc2ncccc2cc1Nc1ncc2c(n1)n([C@@H]1CCN(C(=O)OC(C)(C)C)C1)c(=O)n2C. The molecule has 0 unspecified atom stereocenters. The van der Waals surface area contributed by atoms with E-state index in [9.17, 15) is 9.59 Å². The van der Waals surface area contributed by atoms with Crippen LogP contribution in [-0.2, 0) is 11.8 Å². The molecule has 3 aromatic heterocycles. The standard InChI is InChI=1S/C25H29N7O3/c1-15-11-19-16(7-6-9-26-19)12-18(15)28-22-27-13-20-21(29-22)32(23(33)30(20)5)17-8-10-31(14-17)24(34)35-25(2,3)4/h6-7,9,11-13,17H,8,10,14H2,1-5H3,(H,27,28,29)/t17-/m1/s1. The summed E-state index contributed by atoms with van der Waals surface area (Å²) in [6.45, 7) is 8.42. The van der Waals surface area contributed by atoms with Crippen LogP contribution in [0, 0.1) is 6.92 Å². The summed E-state index contributed by atoms with van der Waals surface area (Å²) < 4.78 is 8.72. The Bertz CT molecular complexity index is 1500. The van der Waals surface area contributed by atoms with Crippen LogP contribution in [-0.4, -0.2) is 53.8 Å². The molecule has 1 fully saturated rings. The van der Waals surface area contributed by atoms with Gasteiger partial charge >= 0.3 is 11.8 Å². The molecule has 1 N–H and O–H groups in total. The molecule has 0 radical (unpaired) electrons. The van der Waals surface area contributed by atoms with Gasteiger partial charge in [-0.3, -0.25) is 14.1 Å². The minimum Gasteiger partial charge on any atom is -0.444 e. The zero-order valence-electron chi connectivity index (χ0n) is 20.6. The van der Waals surface area contributed by atoms with Crippen molar-refractivity contribution in [1.82, 2.24) is 29.0 Å². The van der Waals surface area contributed by atoms with E-state index in [-0.39, 0.29) is 17.8 Å². The zero-order chi connectivity index (χ0) is 24.9. The number of hydrogen-bond donors (Lipinski definition) is 1. The van der Waals surface area contributed by atoms with Gasteiger partial charge in [0.15, 0.2) is 5.65 Å². The summed E-state index contributed by atoms with van der Waals surface area (Å²) in [7, 11) is 1.71. The molecule has 1 aromatic carbocycles. The molecular formula is C25H29N7O3. The number of nitrogens with zero attached hydrogens (tertiary/aromatic N) is 6. The Morgan fingerprint density at radius 1 is 1.23 bits per heavy atom. The number of carbonyl (C=O) groups is 1. The molecule has 1 aliphatic heterocycles. The van der Waals surface area contributed by atoms with Gasteiger partial charge in [-0.25, -0.2) is 14.6 Å². The molecule has 1 amide bonds. The third kappa shape index (κ3) is 4.31. The number of rotatable bonds is 3. The van der Waals surface area contributed by atoms with Crippen molar-refractivity contribution in [2.75, 3.05) is 18.4 Å². The predicted octanol–water partition coefficient (Wildman–Crippen LogP) is 3.91. The van der Waals surface area contributed by atoms with Crippen molar-refractivity contribution in [2.45, 2.75) is 45.8 Å². The lowest BCUT2D eigenvalue weighted by molar-refractivity contribution is 0.0289. The fourth-order valence-electron chi connectivity index (χ4n) is 4.45. The van der Waals surface area contributed by atoms with Crippen LogP contribution in [0.3, 0.4) is 0 Å². The highest BCUT2D eigenvalue weighted by atomic mass is 16.6. The van der Waals surface area contributed by atoms with Gasteiger partial charge in [0.05, 0.1) is 17.8 Å². The molecule has 0 saturated carbocycles. The number of fused-ring (bicyclic) bond motifs is 2. The first-order chi connectivity index (χ1) is 16.6. The Morgan fingerprint density at radius 3 is 2.80 bits per heavy atom. The lowest BCUT2D eigenvalue weighted by Crippen LogP contribution is -2.36. The molecule has 1 saturated heterocycles. The molecule has 35 heavy (non-hydrogen) atoms. The van der Waals surface area contributed by atoms with Crippen LogP contribution < -0.4 is 11.0 Å². The maximum Gasteiger partial charge on any atom is 0.410 e. The van der Waals surface area contributed by atoms with Crippen LogP contribution in [0.4, 0.5) is 16.4 Å². The number of likely N-dealkylation sites (tertiary alicyclic amines) is 1. The number of pyridine rings is 1. The van der Waals surface area contributed by atoms with E-state index in [2.05, 4.69) is 15.3 Å². The van der Waals surface area contributed by atoms with Crippen LogP contribution in [0.15, 0.2) is 41.5 Å². The third-order valence-corrected chi connectivity index (χ3v) is 6.21. The fourth-order valence-corrected chi connectivity index (χ4v) is 4.45. The monoisotopic (exact) mass is 475 g/mol. The molecule has 0 aliphatic carbocycles. The van der Waals surface area contributed by atoms with Gasteiger partial charge < -0.3 is 15.0 Å². The summed E-state index contributed by atoms with van der Waals surface area (Å²) in [6, 6.07) is 7.73. The number of benzene rings is 1. The number of anilines is 2. The highest BCUT2D eigenvalue weighted by molar-refractivity contribution is 5.85. The van der Waals surface area contributed by atoms with Gasteiger partial charge in [-0.2, -0.15) is 4.98 Å². The number of nitrogens with one attached hydrogen (secondary N) is 1. The summed E-state index contributed by atoms with van der Waals surface area (Å²) in [6.07, 6.45) is 3.70. The van der Waals surface area contributed by atoms with Gasteiger partial charge in [0.2, 0.25) is 5.95 Å². The molecule has 0 spiro atoms. The number of hydrogen-bond acceptors (Lipinski definition) is 7. The average Bonchev–Trinajstić information content (AvgIpc) is 3.36. The molecule has 1 aliphatic rings. The second-order valence-electron chi connectivity index (χ2n) is 9.97. The van der Waals surface area contributed by atoms with Gasteiger partial charge in [-0.1, -0.05) is 6.07 Å². The topological polar surface area (TPSA) is 107 Å². The van der Waals surface area contributed by atoms with Crippen molar-refractivity contribution in [3.8, 4) is 0 Å². The smallest absolute Gasteiger partial charge is 0.410 e. The average molecular weight is 476 g/mol. The summed E-state index contributed by atoms with van der Waals surface area (Å²) >= 11 is 0. The van der Waals surface area contributed by atoms with E-state index >= 15 is 0 Å². The number of ether oxygens (including phenoxy) is 1. The first-order valence-corrected chi connectivity index (χ1v) is 11.6. The third-order valence-electron chi connectivity index (χ3n) is 6.21. The van der Waals surface area contributed by atoms with E-state index in [1.165, 1.54) is 0 Å². The number of amides is 1. The molecule has 4 heterocycles. The van der Waals surface area contributed by atoms with Crippen molar-refractivity contribution < 1.29 is 9.53 Å². The Kier molecular flexibility index (Phi) is 5.46. The maximum atomic E-state index is 13.1. The molecule has 4 aromatic rings. The van der Waals surface area contributed by atoms with Gasteiger partial charge in [-0.05, 0) is 57.9 Å². The molecule has 10 heteroatoms. The van der Waals surface area contributed by atoms with E-state index in [1.54, 1.807) is 33.5 Å². The molecule has 0 bridgehead atoms. The molecular weight excluding hydrogens is 446 g/mol. The second kappa shape index (κ2) is 8.37. The molecule has 10 nitrogen and oxygen atoms in total. The minimum atomic E-state index is -0.573. The van der Waals surface area contributed by atoms with Crippen molar-refractivity contribution in [1.29, 1.82) is 0 Å². The lowest BCUT2D eigenvalue weighted by Gasteiger charge is -2.24. The Morgan fingerprint density at radius 2 is 2.03 bits per heavy atom. The van der Waals surface area contributed by atoms with E-state index in [1.807, 2.05) is 52.0 Å². The van der Waals surface area contributed by atoms with E-state index in [0.717, 1.165) is 22.2 Å². The second-order valence-corrected chi connectivity index (χ2v) is 9.97. The largest absolute Gasteiger partial charge is 0.444 e. The van der Waals surface area contributed by atoms with E-state index < -0.39 is 5.60 Å². The first kappa shape index (κ1) is 22.8. The number of carbonyl (C=O) groups excluding carboxylic acids is 1. The Hall–Kier alpha value is -3.95. The molecule has 1 atom stereocenters. The fraction of sp³-hybridized carbons (Fsp3) is 0.400. The summed E-state index contributed by atoms with van der Waals surface area (Å²) in [5, 5.41) is 4.30. The molecule has 182 valence electrons. The number of aromatic nitrogens is 5. The highest BCUT2D eigenvalue weighted by Crippen LogP contribution is 2.27. The van der Waals surface area contributed by atoms with Crippen molar-refractivity contribution in [3.63, 3.8) is 0 Å². The minimum absolute atomic E-state index is 0.185. The first-order valence-electron chi connectivity index (χ1n) is 11.6. The van der Waals surface area contributed by atoms with Gasteiger partial charge in [0, 0.05) is 37.4 Å². The van der Waals surface area contributed by atoms with Crippen LogP contribution in [0.1, 0.15) is 38.8 Å². The zero-order valence-corrected chi connectivity index (χ0v) is 20.6. The summed E-state index contributed by atoms with van der Waals surface area (Å²) in [4.78, 5) is 40.9. The molecule has 5 rings (SSSR count). The van der Waals surface area contributed by atoms with Crippen LogP contribution in [0.5, 0.6) is 0 Å². The van der Waals surface area contributed by atoms with E-state index in [0.29, 0.717) is 36.6 Å². The van der Waals surface area contributed by atoms with Crippen LogP contribution >= 0.6 is 0 Å². The van der Waals surface area contributed by atoms with Crippen LogP contribution in [0.2, 0.25) is 0 Å². The summed E-state index contributed by atoms with van der Waals surface area (Å²) in [5.41, 5.74) is 3.20.